The van der Waals surface area contributed by atoms with E-state index in [4.69, 9.17) is 14.6 Å². The Morgan fingerprint density at radius 3 is 2.21 bits per heavy atom. The van der Waals surface area contributed by atoms with Gasteiger partial charge in [-0.15, -0.1) is 0 Å². The summed E-state index contributed by atoms with van der Waals surface area (Å²) in [6.45, 7) is 9.01. The van der Waals surface area contributed by atoms with Crippen LogP contribution in [0.3, 0.4) is 0 Å². The molecule has 2 N–H and O–H groups in total. The number of aryl methyl sites for hydroxylation is 1. The van der Waals surface area contributed by atoms with Crippen LogP contribution < -0.4 is 0 Å². The van der Waals surface area contributed by atoms with Gasteiger partial charge in [0.1, 0.15) is 6.42 Å². The molecule has 1 aliphatic heterocycles. The number of allylic oxidation sites excluding steroid dienone is 2. The summed E-state index contributed by atoms with van der Waals surface area (Å²) >= 11 is 0. The minimum Gasteiger partial charge on any atom is -0.547 e. The van der Waals surface area contributed by atoms with Crippen molar-refractivity contribution < 1.29 is 24.2 Å². The Bertz CT molecular complexity index is 622. The number of carboxylic acid groups (broad SMARTS) is 2. The van der Waals surface area contributed by atoms with Gasteiger partial charge in [0, 0.05) is 6.42 Å². The summed E-state index contributed by atoms with van der Waals surface area (Å²) in [5, 5.41) is 15.4. The SMILES string of the molecule is CC(=C1CCC[Si](C)(C)O1)c1ccccc1C.O=C(O)CC(=O)O. The Labute approximate surface area is 144 Å². The van der Waals surface area contributed by atoms with Crippen LogP contribution >= 0.6 is 0 Å². The van der Waals surface area contributed by atoms with E-state index < -0.39 is 26.7 Å². The number of carboxylic acids is 2. The molecule has 0 unspecified atom stereocenters. The zero-order chi connectivity index (χ0) is 18.3. The molecule has 0 saturated carbocycles. The summed E-state index contributed by atoms with van der Waals surface area (Å²) < 4.78 is 6.26. The van der Waals surface area contributed by atoms with Crippen molar-refractivity contribution in [2.75, 3.05) is 0 Å². The molecular weight excluding hydrogens is 324 g/mol. The standard InChI is InChI=1S/C15H22OSi.C3H4O4/c1-12-8-5-6-9-14(12)13(2)15-10-7-11-17(3,4)16-15;4-2(5)1-3(6)7/h5-6,8-9H,7,10-11H2,1-4H3;1H2,(H,4,5)(H,6,7). The largest absolute Gasteiger partial charge is 0.547 e. The van der Waals surface area contributed by atoms with Gasteiger partial charge in [-0.2, -0.15) is 0 Å². The Balaban J connectivity index is 0.000000351. The number of hydrogen-bond donors (Lipinski definition) is 2. The van der Waals surface area contributed by atoms with Crippen LogP contribution in [0.15, 0.2) is 30.0 Å². The highest BCUT2D eigenvalue weighted by molar-refractivity contribution is 6.71. The first-order valence-corrected chi connectivity index (χ1v) is 11.1. The van der Waals surface area contributed by atoms with Crippen LogP contribution in [0.5, 0.6) is 0 Å². The lowest BCUT2D eigenvalue weighted by Gasteiger charge is -2.32. The minimum absolute atomic E-state index is 0.806. The molecule has 1 saturated heterocycles. The third-order valence-electron chi connectivity index (χ3n) is 3.85. The fourth-order valence-corrected chi connectivity index (χ4v) is 4.70. The van der Waals surface area contributed by atoms with E-state index in [0.717, 1.165) is 6.42 Å². The van der Waals surface area contributed by atoms with Gasteiger partial charge in [0.25, 0.3) is 0 Å². The van der Waals surface area contributed by atoms with E-state index >= 15 is 0 Å². The summed E-state index contributed by atoms with van der Waals surface area (Å²) in [5.41, 5.74) is 4.02. The second kappa shape index (κ2) is 8.68. The van der Waals surface area contributed by atoms with E-state index in [0.29, 0.717) is 0 Å². The van der Waals surface area contributed by atoms with E-state index in [1.807, 2.05) is 0 Å². The third kappa shape index (κ3) is 6.58. The number of aliphatic carboxylic acids is 2. The van der Waals surface area contributed by atoms with Crippen LogP contribution in [0.25, 0.3) is 5.57 Å². The molecule has 0 bridgehead atoms. The molecule has 0 radical (unpaired) electrons. The predicted molar refractivity (Wildman–Crippen MR) is 96.3 cm³/mol. The van der Waals surface area contributed by atoms with Crippen LogP contribution in [0.2, 0.25) is 19.1 Å². The summed E-state index contributed by atoms with van der Waals surface area (Å²) in [5.74, 6) is -1.39. The summed E-state index contributed by atoms with van der Waals surface area (Å²) in [7, 11) is -1.42. The molecule has 0 amide bonds. The molecule has 5 nitrogen and oxygen atoms in total. The van der Waals surface area contributed by atoms with Crippen molar-refractivity contribution in [2.45, 2.75) is 52.2 Å². The van der Waals surface area contributed by atoms with Crippen LogP contribution in [0, 0.1) is 6.92 Å². The van der Waals surface area contributed by atoms with Crippen LogP contribution in [0.1, 0.15) is 37.3 Å². The summed E-state index contributed by atoms with van der Waals surface area (Å²) in [6.07, 6.45) is 1.59. The highest BCUT2D eigenvalue weighted by atomic mass is 28.4. The molecule has 6 heteroatoms. The van der Waals surface area contributed by atoms with E-state index in [-0.39, 0.29) is 0 Å². The monoisotopic (exact) mass is 350 g/mol. The van der Waals surface area contributed by atoms with Crippen LogP contribution in [-0.4, -0.2) is 30.5 Å². The van der Waals surface area contributed by atoms with Gasteiger partial charge < -0.3 is 14.6 Å². The van der Waals surface area contributed by atoms with Crippen molar-refractivity contribution in [1.29, 1.82) is 0 Å². The fourth-order valence-electron chi connectivity index (χ4n) is 2.65. The Morgan fingerprint density at radius 1 is 1.17 bits per heavy atom. The second-order valence-electron chi connectivity index (χ2n) is 6.54. The molecule has 132 valence electrons. The normalized spacial score (nSPS) is 17.8. The molecular formula is C18H26O5Si. The van der Waals surface area contributed by atoms with Gasteiger partial charge in [-0.3, -0.25) is 9.59 Å². The van der Waals surface area contributed by atoms with Gasteiger partial charge in [0.05, 0.1) is 5.76 Å². The quantitative estimate of drug-likeness (QED) is 0.627. The fraction of sp³-hybridized carbons (Fsp3) is 0.444. The first-order valence-electron chi connectivity index (χ1n) is 8.01. The Kier molecular flexibility index (Phi) is 7.22. The number of carbonyl (C=O) groups is 2. The molecule has 1 aromatic rings. The second-order valence-corrected chi connectivity index (χ2v) is 10.8. The first-order chi connectivity index (χ1) is 11.1. The molecule has 1 fully saturated rings. The lowest BCUT2D eigenvalue weighted by Crippen LogP contribution is -2.33. The maximum Gasteiger partial charge on any atom is 0.314 e. The van der Waals surface area contributed by atoms with Crippen molar-refractivity contribution in [2.24, 2.45) is 0 Å². The van der Waals surface area contributed by atoms with Gasteiger partial charge in [0.15, 0.2) is 0 Å². The van der Waals surface area contributed by atoms with Gasteiger partial charge in [-0.05, 0) is 56.1 Å². The molecule has 0 atom stereocenters. The number of hydrogen-bond acceptors (Lipinski definition) is 3. The minimum atomic E-state index is -1.42. The third-order valence-corrected chi connectivity index (χ3v) is 6.21. The smallest absolute Gasteiger partial charge is 0.314 e. The van der Waals surface area contributed by atoms with Crippen molar-refractivity contribution in [3.8, 4) is 0 Å². The van der Waals surface area contributed by atoms with Crippen molar-refractivity contribution in [1.82, 2.24) is 0 Å². The summed E-state index contributed by atoms with van der Waals surface area (Å²) in [4.78, 5) is 18.9. The van der Waals surface area contributed by atoms with Crippen LogP contribution in [0.4, 0.5) is 0 Å². The zero-order valence-corrected chi connectivity index (χ0v) is 15.8. The molecule has 24 heavy (non-hydrogen) atoms. The molecule has 1 aromatic carbocycles. The highest BCUT2D eigenvalue weighted by Gasteiger charge is 2.29. The van der Waals surface area contributed by atoms with Crippen molar-refractivity contribution in [3.63, 3.8) is 0 Å². The van der Waals surface area contributed by atoms with Gasteiger partial charge in [-0.1, -0.05) is 24.3 Å². The lowest BCUT2D eigenvalue weighted by molar-refractivity contribution is -0.147. The summed E-state index contributed by atoms with van der Waals surface area (Å²) in [6, 6.07) is 9.86. The van der Waals surface area contributed by atoms with Crippen LogP contribution in [-0.2, 0) is 14.0 Å². The van der Waals surface area contributed by atoms with E-state index in [2.05, 4.69) is 51.2 Å². The number of rotatable bonds is 3. The average Bonchev–Trinajstić information content (AvgIpc) is 2.45. The molecule has 0 spiro atoms. The van der Waals surface area contributed by atoms with E-state index in [1.165, 1.54) is 34.9 Å². The zero-order valence-electron chi connectivity index (χ0n) is 14.8. The molecule has 1 heterocycles. The molecule has 2 rings (SSSR count). The maximum atomic E-state index is 9.43. The van der Waals surface area contributed by atoms with E-state index in [9.17, 15) is 9.59 Å². The predicted octanol–water partition coefficient (Wildman–Crippen LogP) is 4.29. The highest BCUT2D eigenvalue weighted by Crippen LogP contribution is 2.33. The van der Waals surface area contributed by atoms with Gasteiger partial charge in [-0.25, -0.2) is 0 Å². The Hall–Kier alpha value is -2.08. The number of benzene rings is 1. The van der Waals surface area contributed by atoms with Crippen molar-refractivity contribution >= 4 is 25.8 Å². The molecule has 0 aliphatic carbocycles. The Morgan fingerprint density at radius 2 is 1.75 bits per heavy atom. The first kappa shape index (κ1) is 20.0. The average molecular weight is 350 g/mol. The molecule has 1 aliphatic rings. The van der Waals surface area contributed by atoms with E-state index in [1.54, 1.807) is 0 Å². The maximum absolute atomic E-state index is 9.43. The lowest BCUT2D eigenvalue weighted by atomic mass is 10.00. The van der Waals surface area contributed by atoms with Gasteiger partial charge in [0.2, 0.25) is 8.32 Å². The molecule has 0 aromatic heterocycles. The van der Waals surface area contributed by atoms with Gasteiger partial charge >= 0.3 is 11.9 Å². The topological polar surface area (TPSA) is 83.8 Å². The van der Waals surface area contributed by atoms with Crippen molar-refractivity contribution in [3.05, 3.63) is 41.2 Å².